The Bertz CT molecular complexity index is 1080. The van der Waals surface area contributed by atoms with Gasteiger partial charge in [-0.3, -0.25) is 4.79 Å². The SMILES string of the molecule is CCC(Nc1ncnc2c(C(N)=O)cc(OC(C)(C)CCN)cc12)c1ccccc1N. The average molecular weight is 423 g/mol. The van der Waals surface area contributed by atoms with Crippen LogP contribution in [0, 0.1) is 0 Å². The summed E-state index contributed by atoms with van der Waals surface area (Å²) in [5.74, 6) is 0.491. The van der Waals surface area contributed by atoms with Gasteiger partial charge in [0.05, 0.1) is 17.1 Å². The Morgan fingerprint density at radius 1 is 1.23 bits per heavy atom. The van der Waals surface area contributed by atoms with Crippen molar-refractivity contribution in [3.8, 4) is 5.75 Å². The molecule has 0 bridgehead atoms. The number of anilines is 2. The van der Waals surface area contributed by atoms with Gasteiger partial charge in [-0.05, 0) is 57.0 Å². The molecule has 0 saturated carbocycles. The first-order chi connectivity index (χ1) is 14.8. The quantitative estimate of drug-likeness (QED) is 0.387. The Kier molecular flexibility index (Phi) is 6.60. The number of nitrogens with one attached hydrogen (secondary N) is 1. The minimum atomic E-state index is -0.587. The second-order valence-electron chi connectivity index (χ2n) is 8.09. The zero-order chi connectivity index (χ0) is 22.6. The van der Waals surface area contributed by atoms with E-state index in [0.717, 1.165) is 12.0 Å². The van der Waals surface area contributed by atoms with Crippen molar-refractivity contribution in [2.45, 2.75) is 45.3 Å². The van der Waals surface area contributed by atoms with E-state index in [1.54, 1.807) is 6.07 Å². The van der Waals surface area contributed by atoms with E-state index < -0.39 is 11.5 Å². The minimum absolute atomic E-state index is 0.0745. The Labute approximate surface area is 182 Å². The van der Waals surface area contributed by atoms with E-state index in [1.165, 1.54) is 6.33 Å². The van der Waals surface area contributed by atoms with Crippen molar-refractivity contribution < 1.29 is 9.53 Å². The molecular formula is C23H30N6O2. The van der Waals surface area contributed by atoms with Gasteiger partial charge in [0, 0.05) is 11.1 Å². The molecule has 1 heterocycles. The molecule has 1 aromatic heterocycles. The van der Waals surface area contributed by atoms with Gasteiger partial charge < -0.3 is 27.3 Å². The van der Waals surface area contributed by atoms with E-state index in [1.807, 2.05) is 44.2 Å². The zero-order valence-corrected chi connectivity index (χ0v) is 18.2. The van der Waals surface area contributed by atoms with Gasteiger partial charge in [0.25, 0.3) is 5.91 Å². The van der Waals surface area contributed by atoms with E-state index >= 15 is 0 Å². The van der Waals surface area contributed by atoms with Crippen molar-refractivity contribution in [1.29, 1.82) is 0 Å². The molecule has 0 aliphatic rings. The molecule has 0 aliphatic carbocycles. The number of rotatable bonds is 9. The van der Waals surface area contributed by atoms with Crippen LogP contribution < -0.4 is 27.3 Å². The number of nitrogens with zero attached hydrogens (tertiary/aromatic N) is 2. The van der Waals surface area contributed by atoms with Crippen LogP contribution in [0.3, 0.4) is 0 Å². The molecule has 1 amide bonds. The van der Waals surface area contributed by atoms with Gasteiger partial charge in [0.1, 0.15) is 23.5 Å². The fourth-order valence-electron chi connectivity index (χ4n) is 3.61. The summed E-state index contributed by atoms with van der Waals surface area (Å²) < 4.78 is 6.14. The first-order valence-electron chi connectivity index (χ1n) is 10.3. The molecule has 31 heavy (non-hydrogen) atoms. The number of amides is 1. The van der Waals surface area contributed by atoms with E-state index in [0.29, 0.717) is 41.1 Å². The summed E-state index contributed by atoms with van der Waals surface area (Å²) in [6, 6.07) is 11.1. The lowest BCUT2D eigenvalue weighted by atomic mass is 10.0. The average Bonchev–Trinajstić information content (AvgIpc) is 2.71. The van der Waals surface area contributed by atoms with E-state index in [2.05, 4.69) is 22.2 Å². The molecule has 3 aromatic rings. The Hall–Kier alpha value is -3.39. The topological polar surface area (TPSA) is 142 Å². The molecular weight excluding hydrogens is 392 g/mol. The minimum Gasteiger partial charge on any atom is -0.488 e. The van der Waals surface area contributed by atoms with E-state index in [9.17, 15) is 4.79 Å². The third kappa shape index (κ3) is 5.03. The molecule has 0 radical (unpaired) electrons. The number of carbonyl (C=O) groups is 1. The maximum Gasteiger partial charge on any atom is 0.251 e. The number of benzene rings is 2. The smallest absolute Gasteiger partial charge is 0.251 e. The summed E-state index contributed by atoms with van der Waals surface area (Å²) in [7, 11) is 0. The lowest BCUT2D eigenvalue weighted by Crippen LogP contribution is -2.31. The molecule has 8 heteroatoms. The fourth-order valence-corrected chi connectivity index (χ4v) is 3.61. The highest BCUT2D eigenvalue weighted by Crippen LogP contribution is 2.33. The number of nitrogen functional groups attached to an aromatic ring is 1. The van der Waals surface area contributed by atoms with Crippen LogP contribution in [0.2, 0.25) is 0 Å². The normalized spacial score (nSPS) is 12.5. The first-order valence-corrected chi connectivity index (χ1v) is 10.3. The standard InChI is InChI=1S/C23H30N6O2/c1-4-19(15-7-5-6-8-18(15)25)29-22-17-12-14(31-23(2,3)9-10-24)11-16(21(26)30)20(17)27-13-28-22/h5-8,11-13,19H,4,9-10,24-25H2,1-3H3,(H2,26,30)(H,27,28,29). The molecule has 1 atom stereocenters. The molecule has 0 fully saturated rings. The van der Waals surface area contributed by atoms with Crippen molar-refractivity contribution >= 4 is 28.3 Å². The Balaban J connectivity index is 2.09. The summed E-state index contributed by atoms with van der Waals surface area (Å²) in [5.41, 5.74) is 19.4. The summed E-state index contributed by atoms with van der Waals surface area (Å²) in [6.45, 7) is 6.43. The van der Waals surface area contributed by atoms with Crippen molar-refractivity contribution in [2.24, 2.45) is 11.5 Å². The molecule has 8 nitrogen and oxygen atoms in total. The van der Waals surface area contributed by atoms with Crippen molar-refractivity contribution in [1.82, 2.24) is 9.97 Å². The molecule has 164 valence electrons. The number of fused-ring (bicyclic) bond motifs is 1. The summed E-state index contributed by atoms with van der Waals surface area (Å²) >= 11 is 0. The number of hydrogen-bond acceptors (Lipinski definition) is 7. The zero-order valence-electron chi connectivity index (χ0n) is 18.2. The molecule has 1 unspecified atom stereocenters. The Morgan fingerprint density at radius 3 is 2.61 bits per heavy atom. The van der Waals surface area contributed by atoms with Crippen LogP contribution in [-0.4, -0.2) is 28.0 Å². The predicted octanol–water partition coefficient (Wildman–Crippen LogP) is 3.38. The molecule has 0 aliphatic heterocycles. The van der Waals surface area contributed by atoms with Gasteiger partial charge in [-0.15, -0.1) is 0 Å². The molecule has 0 spiro atoms. The Morgan fingerprint density at radius 2 is 1.97 bits per heavy atom. The number of carbonyl (C=O) groups excluding carboxylic acids is 1. The van der Waals surface area contributed by atoms with Gasteiger partial charge in [-0.2, -0.15) is 0 Å². The van der Waals surface area contributed by atoms with Gasteiger partial charge in [-0.25, -0.2) is 9.97 Å². The largest absolute Gasteiger partial charge is 0.488 e. The van der Waals surface area contributed by atoms with Gasteiger partial charge >= 0.3 is 0 Å². The van der Waals surface area contributed by atoms with Crippen LogP contribution in [0.4, 0.5) is 11.5 Å². The summed E-state index contributed by atoms with van der Waals surface area (Å²) in [6.07, 6.45) is 2.84. The van der Waals surface area contributed by atoms with Gasteiger partial charge in [-0.1, -0.05) is 25.1 Å². The maximum atomic E-state index is 12.2. The highest BCUT2D eigenvalue weighted by Gasteiger charge is 2.22. The number of primary amides is 1. The summed E-state index contributed by atoms with van der Waals surface area (Å²) in [5, 5.41) is 4.10. The van der Waals surface area contributed by atoms with E-state index in [4.69, 9.17) is 21.9 Å². The highest BCUT2D eigenvalue weighted by atomic mass is 16.5. The second kappa shape index (κ2) is 9.18. The monoisotopic (exact) mass is 422 g/mol. The fraction of sp³-hybridized carbons (Fsp3) is 0.348. The van der Waals surface area contributed by atoms with Crippen LogP contribution >= 0.6 is 0 Å². The van der Waals surface area contributed by atoms with Gasteiger partial charge in [0.15, 0.2) is 0 Å². The lowest BCUT2D eigenvalue weighted by Gasteiger charge is -2.26. The second-order valence-corrected chi connectivity index (χ2v) is 8.09. The molecule has 7 N–H and O–H groups in total. The number of ether oxygens (including phenoxy) is 1. The molecule has 2 aromatic carbocycles. The summed E-state index contributed by atoms with van der Waals surface area (Å²) in [4.78, 5) is 20.9. The number of para-hydroxylation sites is 1. The van der Waals surface area contributed by atoms with Crippen LogP contribution in [0.25, 0.3) is 10.9 Å². The van der Waals surface area contributed by atoms with Gasteiger partial charge in [0.2, 0.25) is 0 Å². The number of nitrogens with two attached hydrogens (primary N) is 3. The van der Waals surface area contributed by atoms with Crippen LogP contribution in [-0.2, 0) is 0 Å². The number of aromatic nitrogens is 2. The third-order valence-electron chi connectivity index (χ3n) is 5.21. The van der Waals surface area contributed by atoms with Crippen molar-refractivity contribution in [3.05, 3.63) is 53.9 Å². The predicted molar refractivity (Wildman–Crippen MR) is 124 cm³/mol. The highest BCUT2D eigenvalue weighted by molar-refractivity contribution is 6.07. The molecule has 0 saturated heterocycles. The molecule has 3 rings (SSSR count). The van der Waals surface area contributed by atoms with Crippen molar-refractivity contribution in [3.63, 3.8) is 0 Å². The van der Waals surface area contributed by atoms with Crippen LogP contribution in [0.5, 0.6) is 5.75 Å². The van der Waals surface area contributed by atoms with Crippen LogP contribution in [0.1, 0.15) is 55.6 Å². The lowest BCUT2D eigenvalue weighted by molar-refractivity contribution is 0.0980. The first kappa shape index (κ1) is 22.3. The third-order valence-corrected chi connectivity index (χ3v) is 5.21. The maximum absolute atomic E-state index is 12.2. The number of hydrogen-bond donors (Lipinski definition) is 4. The van der Waals surface area contributed by atoms with Crippen LogP contribution in [0.15, 0.2) is 42.7 Å². The van der Waals surface area contributed by atoms with Crippen molar-refractivity contribution in [2.75, 3.05) is 17.6 Å². The van der Waals surface area contributed by atoms with E-state index in [-0.39, 0.29) is 11.6 Å².